The molecule has 0 aliphatic rings. The highest BCUT2D eigenvalue weighted by atomic mass is 16.5. The number of aromatic nitrogens is 2. The number of nitrogens with zero attached hydrogens (tertiary/aromatic N) is 2. The fraction of sp³-hybridized carbons (Fsp3) is 0.474. The summed E-state index contributed by atoms with van der Waals surface area (Å²) in [7, 11) is 3.00. The number of carbonyl (C=O) groups is 2. The van der Waals surface area contributed by atoms with Crippen LogP contribution in [0.5, 0.6) is 11.5 Å². The zero-order chi connectivity index (χ0) is 20.7. The molecule has 0 fully saturated rings. The van der Waals surface area contributed by atoms with E-state index < -0.39 is 12.0 Å². The molecule has 0 saturated heterocycles. The van der Waals surface area contributed by atoms with Gasteiger partial charge in [0.05, 0.1) is 26.7 Å². The number of aryl methyl sites for hydroxylation is 1. The Morgan fingerprint density at radius 1 is 1.21 bits per heavy atom. The number of carboxylic acids is 1. The van der Waals surface area contributed by atoms with Crippen molar-refractivity contribution in [3.63, 3.8) is 0 Å². The van der Waals surface area contributed by atoms with Gasteiger partial charge < -0.3 is 24.4 Å². The number of carboxylic acid groups (broad SMARTS) is 1. The average molecular weight is 391 g/mol. The minimum atomic E-state index is -1.03. The maximum absolute atomic E-state index is 12.4. The first-order valence-corrected chi connectivity index (χ1v) is 8.89. The Morgan fingerprint density at radius 3 is 2.50 bits per heavy atom. The van der Waals surface area contributed by atoms with E-state index in [0.717, 1.165) is 0 Å². The van der Waals surface area contributed by atoms with Gasteiger partial charge in [0.25, 0.3) is 0 Å². The third kappa shape index (κ3) is 5.70. The van der Waals surface area contributed by atoms with Gasteiger partial charge in [0.15, 0.2) is 17.3 Å². The number of rotatable bonds is 10. The van der Waals surface area contributed by atoms with Crippen LogP contribution in [0.25, 0.3) is 0 Å². The van der Waals surface area contributed by atoms with Gasteiger partial charge in [0.1, 0.15) is 0 Å². The van der Waals surface area contributed by atoms with E-state index in [1.54, 1.807) is 18.2 Å². The molecule has 152 valence electrons. The van der Waals surface area contributed by atoms with Crippen LogP contribution in [0.3, 0.4) is 0 Å². The summed E-state index contributed by atoms with van der Waals surface area (Å²) in [5.74, 6) is 0.727. The predicted octanol–water partition coefficient (Wildman–Crippen LogP) is 2.48. The second-order valence-corrected chi connectivity index (χ2v) is 6.53. The van der Waals surface area contributed by atoms with Gasteiger partial charge in [-0.2, -0.15) is 4.98 Å². The van der Waals surface area contributed by atoms with Crippen molar-refractivity contribution in [1.29, 1.82) is 0 Å². The fourth-order valence-corrected chi connectivity index (χ4v) is 2.59. The van der Waals surface area contributed by atoms with E-state index in [0.29, 0.717) is 28.8 Å². The molecule has 0 bridgehead atoms. The summed E-state index contributed by atoms with van der Waals surface area (Å²) in [6.07, 6.45) is 0.111. The SMILES string of the molecule is COc1ccc(C(CC(=O)O)NC(=O)CCc2nc(C(C)C)no2)cc1OC. The van der Waals surface area contributed by atoms with Gasteiger partial charge in [-0.15, -0.1) is 0 Å². The standard InChI is InChI=1S/C19H25N3O6/c1-11(2)19-21-17(28-22-19)8-7-16(23)20-13(10-18(24)25)12-5-6-14(26-3)15(9-12)27-4/h5-6,9,11,13H,7-8,10H2,1-4H3,(H,20,23)(H,24,25). The molecule has 1 amide bonds. The molecule has 2 N–H and O–H groups in total. The number of methoxy groups -OCH3 is 2. The van der Waals surface area contributed by atoms with Gasteiger partial charge in [-0.05, 0) is 17.7 Å². The Balaban J connectivity index is 2.06. The van der Waals surface area contributed by atoms with Crippen LogP contribution in [-0.4, -0.2) is 41.3 Å². The highest BCUT2D eigenvalue weighted by molar-refractivity contribution is 5.78. The normalized spacial score (nSPS) is 11.9. The van der Waals surface area contributed by atoms with Crippen molar-refractivity contribution in [2.24, 2.45) is 0 Å². The van der Waals surface area contributed by atoms with Crippen molar-refractivity contribution in [2.45, 2.75) is 45.1 Å². The van der Waals surface area contributed by atoms with Crippen LogP contribution in [0.4, 0.5) is 0 Å². The zero-order valence-electron chi connectivity index (χ0n) is 16.4. The van der Waals surface area contributed by atoms with E-state index in [9.17, 15) is 14.7 Å². The van der Waals surface area contributed by atoms with Crippen LogP contribution in [0.1, 0.15) is 55.9 Å². The molecule has 2 rings (SSSR count). The Bertz CT molecular complexity index is 818. The number of amides is 1. The largest absolute Gasteiger partial charge is 0.493 e. The maximum atomic E-state index is 12.4. The third-order valence-corrected chi connectivity index (χ3v) is 4.09. The van der Waals surface area contributed by atoms with Crippen LogP contribution in [0.2, 0.25) is 0 Å². The van der Waals surface area contributed by atoms with Crippen LogP contribution >= 0.6 is 0 Å². The van der Waals surface area contributed by atoms with E-state index in [1.165, 1.54) is 14.2 Å². The summed E-state index contributed by atoms with van der Waals surface area (Å²) in [4.78, 5) is 27.8. The zero-order valence-corrected chi connectivity index (χ0v) is 16.4. The van der Waals surface area contributed by atoms with Gasteiger partial charge in [-0.1, -0.05) is 25.1 Å². The second kappa shape index (κ2) is 9.72. The molecule has 0 aliphatic heterocycles. The molecule has 1 aromatic heterocycles. The molecular formula is C19H25N3O6. The fourth-order valence-electron chi connectivity index (χ4n) is 2.59. The van der Waals surface area contributed by atoms with E-state index in [4.69, 9.17) is 14.0 Å². The molecule has 2 aromatic rings. The van der Waals surface area contributed by atoms with Crippen molar-refractivity contribution in [1.82, 2.24) is 15.5 Å². The smallest absolute Gasteiger partial charge is 0.305 e. The summed E-state index contributed by atoms with van der Waals surface area (Å²) >= 11 is 0. The lowest BCUT2D eigenvalue weighted by Crippen LogP contribution is -2.30. The Labute approximate surface area is 163 Å². The van der Waals surface area contributed by atoms with Gasteiger partial charge in [-0.25, -0.2) is 0 Å². The topological polar surface area (TPSA) is 124 Å². The van der Waals surface area contributed by atoms with E-state index in [-0.39, 0.29) is 31.1 Å². The number of hydrogen-bond donors (Lipinski definition) is 2. The number of nitrogens with one attached hydrogen (secondary N) is 1. The van der Waals surface area contributed by atoms with Crippen LogP contribution in [0.15, 0.2) is 22.7 Å². The number of benzene rings is 1. The number of aliphatic carboxylic acids is 1. The summed E-state index contributed by atoms with van der Waals surface area (Å²) in [6.45, 7) is 3.89. The third-order valence-electron chi connectivity index (χ3n) is 4.09. The first-order chi connectivity index (χ1) is 13.3. The Kier molecular flexibility index (Phi) is 7.36. The molecule has 1 heterocycles. The lowest BCUT2D eigenvalue weighted by Gasteiger charge is -2.19. The van der Waals surface area contributed by atoms with Crippen molar-refractivity contribution in [2.75, 3.05) is 14.2 Å². The summed E-state index contributed by atoms with van der Waals surface area (Å²) in [6, 6.07) is 4.31. The lowest BCUT2D eigenvalue weighted by atomic mass is 10.0. The van der Waals surface area contributed by atoms with Gasteiger partial charge in [-0.3, -0.25) is 9.59 Å². The number of hydrogen-bond acceptors (Lipinski definition) is 7. The molecule has 0 saturated carbocycles. The van der Waals surface area contributed by atoms with Crippen LogP contribution in [0, 0.1) is 0 Å². The van der Waals surface area contributed by atoms with Crippen molar-refractivity contribution in [3.8, 4) is 11.5 Å². The average Bonchev–Trinajstić information content (AvgIpc) is 3.14. The highest BCUT2D eigenvalue weighted by Gasteiger charge is 2.20. The first-order valence-electron chi connectivity index (χ1n) is 8.89. The van der Waals surface area contributed by atoms with Crippen LogP contribution < -0.4 is 14.8 Å². The van der Waals surface area contributed by atoms with Crippen molar-refractivity contribution >= 4 is 11.9 Å². The molecular weight excluding hydrogens is 366 g/mol. The van der Waals surface area contributed by atoms with Gasteiger partial charge in [0.2, 0.25) is 11.8 Å². The molecule has 0 radical (unpaired) electrons. The number of carbonyl (C=O) groups excluding carboxylic acids is 1. The molecule has 1 aromatic carbocycles. The van der Waals surface area contributed by atoms with Crippen LogP contribution in [-0.2, 0) is 16.0 Å². The minimum absolute atomic E-state index is 0.100. The van der Waals surface area contributed by atoms with E-state index in [1.807, 2.05) is 13.8 Å². The maximum Gasteiger partial charge on any atom is 0.305 e. The molecule has 0 aliphatic carbocycles. The summed E-state index contributed by atoms with van der Waals surface area (Å²) < 4.78 is 15.6. The quantitative estimate of drug-likeness (QED) is 0.633. The molecule has 1 atom stereocenters. The minimum Gasteiger partial charge on any atom is -0.493 e. The molecule has 28 heavy (non-hydrogen) atoms. The highest BCUT2D eigenvalue weighted by Crippen LogP contribution is 2.31. The second-order valence-electron chi connectivity index (χ2n) is 6.53. The van der Waals surface area contributed by atoms with Gasteiger partial charge >= 0.3 is 5.97 Å². The lowest BCUT2D eigenvalue weighted by molar-refractivity contribution is -0.137. The van der Waals surface area contributed by atoms with Crippen molar-refractivity contribution in [3.05, 3.63) is 35.5 Å². The number of ether oxygens (including phenoxy) is 2. The summed E-state index contributed by atoms with van der Waals surface area (Å²) in [5.41, 5.74) is 0.605. The Morgan fingerprint density at radius 2 is 1.93 bits per heavy atom. The predicted molar refractivity (Wildman–Crippen MR) is 99.4 cm³/mol. The first kappa shape index (κ1) is 21.2. The monoisotopic (exact) mass is 391 g/mol. The molecule has 0 spiro atoms. The Hall–Kier alpha value is -3.10. The van der Waals surface area contributed by atoms with E-state index in [2.05, 4.69) is 15.5 Å². The molecule has 1 unspecified atom stereocenters. The summed E-state index contributed by atoms with van der Waals surface area (Å²) in [5, 5.41) is 15.8. The van der Waals surface area contributed by atoms with Crippen molar-refractivity contribution < 1.29 is 28.7 Å². The van der Waals surface area contributed by atoms with E-state index >= 15 is 0 Å². The molecule has 9 nitrogen and oxygen atoms in total. The molecule has 9 heteroatoms. The van der Waals surface area contributed by atoms with Gasteiger partial charge in [0, 0.05) is 18.8 Å².